The van der Waals surface area contributed by atoms with Gasteiger partial charge in [-0.05, 0) is 29.3 Å². The Bertz CT molecular complexity index is 953. The Morgan fingerprint density at radius 3 is 2.34 bits per heavy atom. The van der Waals surface area contributed by atoms with E-state index in [2.05, 4.69) is 5.32 Å². The lowest BCUT2D eigenvalue weighted by atomic mass is 10.1. The van der Waals surface area contributed by atoms with Gasteiger partial charge >= 0.3 is 0 Å². The SMILES string of the molecule is CO.COc1ccc(CC(=O)Nc2sc(-c3ccccc3)cc2C=O)cc1OC. The third kappa shape index (κ3) is 5.66. The van der Waals surface area contributed by atoms with E-state index in [4.69, 9.17) is 14.6 Å². The Morgan fingerprint density at radius 2 is 1.72 bits per heavy atom. The van der Waals surface area contributed by atoms with Crippen molar-refractivity contribution >= 4 is 28.5 Å². The van der Waals surface area contributed by atoms with Gasteiger partial charge in [-0.1, -0.05) is 36.4 Å². The van der Waals surface area contributed by atoms with E-state index in [0.717, 1.165) is 29.4 Å². The van der Waals surface area contributed by atoms with Gasteiger partial charge in [0.2, 0.25) is 5.91 Å². The van der Waals surface area contributed by atoms with Crippen molar-refractivity contribution < 1.29 is 24.2 Å². The van der Waals surface area contributed by atoms with Crippen LogP contribution in [0.5, 0.6) is 11.5 Å². The predicted octanol–water partition coefficient (Wildman–Crippen LogP) is 4.03. The maximum atomic E-state index is 12.5. The van der Waals surface area contributed by atoms with Gasteiger partial charge in [0.05, 0.1) is 20.6 Å². The van der Waals surface area contributed by atoms with Crippen LogP contribution in [0.25, 0.3) is 10.4 Å². The van der Waals surface area contributed by atoms with E-state index in [-0.39, 0.29) is 12.3 Å². The highest BCUT2D eigenvalue weighted by molar-refractivity contribution is 7.20. The Balaban J connectivity index is 0.00000145. The molecule has 1 amide bonds. The van der Waals surface area contributed by atoms with Crippen LogP contribution in [-0.2, 0) is 11.2 Å². The highest BCUT2D eigenvalue weighted by Gasteiger charge is 2.14. The minimum absolute atomic E-state index is 0.164. The number of thiophene rings is 1. The molecule has 2 N–H and O–H groups in total. The maximum Gasteiger partial charge on any atom is 0.229 e. The van der Waals surface area contributed by atoms with Gasteiger partial charge in [0.1, 0.15) is 5.00 Å². The van der Waals surface area contributed by atoms with Crippen molar-refractivity contribution in [1.82, 2.24) is 0 Å². The quantitative estimate of drug-likeness (QED) is 0.571. The van der Waals surface area contributed by atoms with Crippen LogP contribution in [0.1, 0.15) is 15.9 Å². The number of rotatable bonds is 7. The first-order chi connectivity index (χ1) is 14.1. The zero-order valence-electron chi connectivity index (χ0n) is 16.5. The highest BCUT2D eigenvalue weighted by Crippen LogP contribution is 2.35. The molecule has 0 fully saturated rings. The van der Waals surface area contributed by atoms with Crippen LogP contribution in [0.15, 0.2) is 54.6 Å². The number of carbonyl (C=O) groups excluding carboxylic acids is 2. The van der Waals surface area contributed by atoms with Crippen molar-refractivity contribution in [2.75, 3.05) is 26.6 Å². The predicted molar refractivity (Wildman–Crippen MR) is 115 cm³/mol. The van der Waals surface area contributed by atoms with Gasteiger partial charge in [0.15, 0.2) is 17.8 Å². The fourth-order valence-electron chi connectivity index (χ4n) is 2.68. The first-order valence-electron chi connectivity index (χ1n) is 8.74. The van der Waals surface area contributed by atoms with Crippen LogP contribution >= 0.6 is 11.3 Å². The minimum Gasteiger partial charge on any atom is -0.493 e. The van der Waals surface area contributed by atoms with E-state index in [1.165, 1.54) is 11.3 Å². The Labute approximate surface area is 173 Å². The molecule has 0 atom stereocenters. The smallest absolute Gasteiger partial charge is 0.229 e. The summed E-state index contributed by atoms with van der Waals surface area (Å²) < 4.78 is 10.5. The van der Waals surface area contributed by atoms with Gasteiger partial charge < -0.3 is 19.9 Å². The van der Waals surface area contributed by atoms with E-state index < -0.39 is 0 Å². The molecule has 0 radical (unpaired) electrons. The largest absolute Gasteiger partial charge is 0.493 e. The number of ether oxygens (including phenoxy) is 2. The molecule has 3 rings (SSSR count). The van der Waals surface area contributed by atoms with Crippen LogP contribution in [0.2, 0.25) is 0 Å². The van der Waals surface area contributed by atoms with Gasteiger partial charge in [0.25, 0.3) is 0 Å². The lowest BCUT2D eigenvalue weighted by Crippen LogP contribution is -2.14. The Morgan fingerprint density at radius 1 is 1.03 bits per heavy atom. The van der Waals surface area contributed by atoms with Crippen LogP contribution in [0, 0.1) is 0 Å². The first kappa shape index (κ1) is 22.1. The molecule has 0 bridgehead atoms. The van der Waals surface area contributed by atoms with Crippen LogP contribution in [0.3, 0.4) is 0 Å². The van der Waals surface area contributed by atoms with Crippen molar-refractivity contribution in [3.63, 3.8) is 0 Å². The molecule has 0 unspecified atom stereocenters. The van der Waals surface area contributed by atoms with Crippen molar-refractivity contribution in [2.45, 2.75) is 6.42 Å². The summed E-state index contributed by atoms with van der Waals surface area (Å²) in [6.07, 6.45) is 0.923. The van der Waals surface area contributed by atoms with Crippen molar-refractivity contribution in [3.8, 4) is 21.9 Å². The molecule has 3 aromatic rings. The molecular weight excluding hydrogens is 390 g/mol. The van der Waals surface area contributed by atoms with Gasteiger partial charge in [-0.25, -0.2) is 0 Å². The molecule has 6 nitrogen and oxygen atoms in total. The molecule has 2 aromatic carbocycles. The Kier molecular flexibility index (Phi) is 8.39. The van der Waals surface area contributed by atoms with E-state index in [0.29, 0.717) is 22.1 Å². The number of methoxy groups -OCH3 is 2. The molecule has 1 aromatic heterocycles. The zero-order valence-corrected chi connectivity index (χ0v) is 17.3. The van der Waals surface area contributed by atoms with Gasteiger partial charge in [-0.3, -0.25) is 9.59 Å². The Hall–Kier alpha value is -3.16. The number of aliphatic hydroxyl groups is 1. The van der Waals surface area contributed by atoms with Gasteiger partial charge in [-0.15, -0.1) is 11.3 Å². The third-order valence-electron chi connectivity index (χ3n) is 4.01. The van der Waals surface area contributed by atoms with E-state index in [9.17, 15) is 9.59 Å². The number of benzene rings is 2. The molecule has 152 valence electrons. The number of anilines is 1. The summed E-state index contributed by atoms with van der Waals surface area (Å²) in [6.45, 7) is 0. The second kappa shape index (κ2) is 11.0. The van der Waals surface area contributed by atoms with Crippen LogP contribution in [-0.4, -0.2) is 38.6 Å². The summed E-state index contributed by atoms with van der Waals surface area (Å²) in [5, 5.41) is 10.4. The van der Waals surface area contributed by atoms with Crippen molar-refractivity contribution in [2.24, 2.45) is 0 Å². The number of carbonyl (C=O) groups is 2. The summed E-state index contributed by atoms with van der Waals surface area (Å²) in [5.41, 5.74) is 2.27. The molecule has 0 aliphatic heterocycles. The summed E-state index contributed by atoms with van der Waals surface area (Å²) in [5.74, 6) is 0.973. The zero-order chi connectivity index (χ0) is 21.2. The topological polar surface area (TPSA) is 84.9 Å². The molecule has 0 aliphatic rings. The maximum absolute atomic E-state index is 12.5. The first-order valence-corrected chi connectivity index (χ1v) is 9.56. The lowest BCUT2D eigenvalue weighted by Gasteiger charge is -2.09. The number of hydrogen-bond acceptors (Lipinski definition) is 6. The van der Waals surface area contributed by atoms with Gasteiger partial charge in [-0.2, -0.15) is 0 Å². The summed E-state index contributed by atoms with van der Waals surface area (Å²) in [6, 6.07) is 16.9. The van der Waals surface area contributed by atoms with E-state index in [1.807, 2.05) is 36.4 Å². The summed E-state index contributed by atoms with van der Waals surface area (Å²) >= 11 is 1.38. The molecule has 29 heavy (non-hydrogen) atoms. The average molecular weight is 413 g/mol. The second-order valence-corrected chi connectivity index (χ2v) is 6.85. The highest BCUT2D eigenvalue weighted by atomic mass is 32.1. The van der Waals surface area contributed by atoms with Gasteiger partial charge in [0, 0.05) is 17.6 Å². The minimum atomic E-state index is -0.202. The van der Waals surface area contributed by atoms with E-state index >= 15 is 0 Å². The molecule has 0 saturated carbocycles. The fourth-order valence-corrected chi connectivity index (χ4v) is 3.73. The third-order valence-corrected chi connectivity index (χ3v) is 5.13. The standard InChI is InChI=1S/C21H19NO4S.CH4O/c1-25-17-9-8-14(10-18(17)26-2)11-20(24)22-21-16(13-23)12-19(27-21)15-6-4-3-5-7-15;1-2/h3-10,12-13H,11H2,1-2H3,(H,22,24);2H,1H3. The van der Waals surface area contributed by atoms with Crippen LogP contribution in [0.4, 0.5) is 5.00 Å². The lowest BCUT2D eigenvalue weighted by molar-refractivity contribution is -0.115. The number of nitrogens with one attached hydrogen (secondary N) is 1. The summed E-state index contributed by atoms with van der Waals surface area (Å²) in [7, 11) is 4.11. The molecule has 1 heterocycles. The fraction of sp³-hybridized carbons (Fsp3) is 0.182. The number of hydrogen-bond donors (Lipinski definition) is 2. The van der Waals surface area contributed by atoms with E-state index in [1.54, 1.807) is 32.4 Å². The molecule has 0 spiro atoms. The summed E-state index contributed by atoms with van der Waals surface area (Å²) in [4.78, 5) is 24.8. The molecular formula is C22H23NO5S. The molecule has 0 saturated heterocycles. The number of aliphatic hydroxyl groups excluding tert-OH is 1. The molecule has 7 heteroatoms. The normalized spacial score (nSPS) is 9.79. The average Bonchev–Trinajstić information content (AvgIpc) is 3.18. The van der Waals surface area contributed by atoms with Crippen LogP contribution < -0.4 is 14.8 Å². The monoisotopic (exact) mass is 413 g/mol. The number of aldehydes is 1. The molecule has 0 aliphatic carbocycles. The van der Waals surface area contributed by atoms with Crippen molar-refractivity contribution in [3.05, 3.63) is 65.7 Å². The van der Waals surface area contributed by atoms with Crippen molar-refractivity contribution in [1.29, 1.82) is 0 Å². The number of amides is 1. The second-order valence-electron chi connectivity index (χ2n) is 5.79.